The van der Waals surface area contributed by atoms with E-state index >= 15 is 0 Å². The SMILES string of the molecule is CC[C@H]1CCCCN1C(=O)COC(=O)c1cc(S(C)(=O)=O)ccc1Cl. The Balaban J connectivity index is 2.06. The summed E-state index contributed by atoms with van der Waals surface area (Å²) in [6.45, 7) is 2.31. The van der Waals surface area contributed by atoms with E-state index in [9.17, 15) is 18.0 Å². The summed E-state index contributed by atoms with van der Waals surface area (Å²) in [6.07, 6.45) is 4.89. The van der Waals surface area contributed by atoms with Gasteiger partial charge in [0.15, 0.2) is 16.4 Å². The van der Waals surface area contributed by atoms with E-state index in [-0.39, 0.29) is 34.0 Å². The van der Waals surface area contributed by atoms with Gasteiger partial charge in [-0.1, -0.05) is 18.5 Å². The van der Waals surface area contributed by atoms with Gasteiger partial charge in [-0.3, -0.25) is 4.79 Å². The molecule has 1 saturated heterocycles. The van der Waals surface area contributed by atoms with Crippen LogP contribution in [0, 0.1) is 0 Å². The van der Waals surface area contributed by atoms with Gasteiger partial charge in [-0.05, 0) is 43.9 Å². The maximum atomic E-state index is 12.3. The molecule has 6 nitrogen and oxygen atoms in total. The topological polar surface area (TPSA) is 80.8 Å². The predicted octanol–water partition coefficient (Wildman–Crippen LogP) is 2.69. The minimum atomic E-state index is -3.48. The largest absolute Gasteiger partial charge is 0.452 e. The zero-order valence-electron chi connectivity index (χ0n) is 14.3. The number of halogens is 1. The van der Waals surface area contributed by atoms with Gasteiger partial charge in [0, 0.05) is 18.8 Å². The molecular weight excluding hydrogens is 366 g/mol. The first kappa shape index (κ1) is 19.7. The highest BCUT2D eigenvalue weighted by molar-refractivity contribution is 7.90. The number of amides is 1. The van der Waals surface area contributed by atoms with Crippen molar-refractivity contribution in [3.63, 3.8) is 0 Å². The van der Waals surface area contributed by atoms with Crippen molar-refractivity contribution in [3.05, 3.63) is 28.8 Å². The Morgan fingerprint density at radius 3 is 2.68 bits per heavy atom. The summed E-state index contributed by atoms with van der Waals surface area (Å²) >= 11 is 5.96. The molecule has 1 atom stereocenters. The van der Waals surface area contributed by atoms with Crippen molar-refractivity contribution < 1.29 is 22.7 Å². The average molecular weight is 388 g/mol. The number of hydrogen-bond acceptors (Lipinski definition) is 5. The normalized spacial score (nSPS) is 18.0. The van der Waals surface area contributed by atoms with Crippen LogP contribution < -0.4 is 0 Å². The first-order valence-corrected chi connectivity index (χ1v) is 10.5. The molecule has 1 aromatic rings. The minimum absolute atomic E-state index is 0.0303. The minimum Gasteiger partial charge on any atom is -0.452 e. The van der Waals surface area contributed by atoms with E-state index in [1.807, 2.05) is 6.92 Å². The van der Waals surface area contributed by atoms with E-state index in [1.165, 1.54) is 18.2 Å². The van der Waals surface area contributed by atoms with E-state index < -0.39 is 15.8 Å². The number of carbonyl (C=O) groups excluding carboxylic acids is 2. The molecule has 1 aromatic carbocycles. The third-order valence-corrected chi connectivity index (χ3v) is 5.77. The second-order valence-corrected chi connectivity index (χ2v) is 8.56. The maximum Gasteiger partial charge on any atom is 0.340 e. The zero-order chi connectivity index (χ0) is 18.6. The van der Waals surface area contributed by atoms with Crippen LogP contribution in [0.4, 0.5) is 0 Å². The quantitative estimate of drug-likeness (QED) is 0.725. The number of benzene rings is 1. The summed E-state index contributed by atoms with van der Waals surface area (Å²) in [5.41, 5.74) is -0.0666. The van der Waals surface area contributed by atoms with E-state index in [0.717, 1.165) is 31.9 Å². The average Bonchev–Trinajstić information content (AvgIpc) is 2.58. The van der Waals surface area contributed by atoms with Crippen LogP contribution in [0.3, 0.4) is 0 Å². The standard InChI is InChI=1S/C17H22ClNO5S/c1-3-12-6-4-5-9-19(12)16(20)11-24-17(21)14-10-13(25(2,22)23)7-8-15(14)18/h7-8,10,12H,3-6,9,11H2,1-2H3/t12-/m0/s1. The van der Waals surface area contributed by atoms with Gasteiger partial charge < -0.3 is 9.64 Å². The van der Waals surface area contributed by atoms with E-state index in [1.54, 1.807) is 4.90 Å². The molecular formula is C17H22ClNO5S. The van der Waals surface area contributed by atoms with Gasteiger partial charge in [-0.25, -0.2) is 13.2 Å². The molecule has 1 aliphatic rings. The number of hydrogen-bond donors (Lipinski definition) is 0. The molecule has 0 radical (unpaired) electrons. The Morgan fingerprint density at radius 1 is 1.32 bits per heavy atom. The Hall–Kier alpha value is -1.60. The van der Waals surface area contributed by atoms with Gasteiger partial charge in [0.25, 0.3) is 5.91 Å². The molecule has 0 N–H and O–H groups in total. The zero-order valence-corrected chi connectivity index (χ0v) is 15.9. The van der Waals surface area contributed by atoms with Crippen LogP contribution in [-0.4, -0.2) is 50.6 Å². The molecule has 0 aromatic heterocycles. The lowest BCUT2D eigenvalue weighted by molar-refractivity contribution is -0.138. The fourth-order valence-corrected chi connectivity index (χ4v) is 3.77. The lowest BCUT2D eigenvalue weighted by atomic mass is 10.00. The summed E-state index contributed by atoms with van der Waals surface area (Å²) in [4.78, 5) is 26.3. The first-order chi connectivity index (χ1) is 11.7. The lowest BCUT2D eigenvalue weighted by Crippen LogP contribution is -2.45. The Labute approximate surface area is 153 Å². The molecule has 0 spiro atoms. The molecule has 1 fully saturated rings. The van der Waals surface area contributed by atoms with Crippen molar-refractivity contribution in [3.8, 4) is 0 Å². The van der Waals surface area contributed by atoms with Crippen molar-refractivity contribution in [2.75, 3.05) is 19.4 Å². The van der Waals surface area contributed by atoms with Crippen LogP contribution in [0.15, 0.2) is 23.1 Å². The molecule has 2 rings (SSSR count). The lowest BCUT2D eigenvalue weighted by Gasteiger charge is -2.35. The van der Waals surface area contributed by atoms with Crippen LogP contribution in [-0.2, 0) is 19.4 Å². The molecule has 1 amide bonds. The third-order valence-electron chi connectivity index (χ3n) is 4.33. The number of nitrogens with zero attached hydrogens (tertiary/aromatic N) is 1. The van der Waals surface area contributed by atoms with Crippen LogP contribution in [0.5, 0.6) is 0 Å². The van der Waals surface area contributed by atoms with Crippen LogP contribution >= 0.6 is 11.6 Å². The molecule has 25 heavy (non-hydrogen) atoms. The Morgan fingerprint density at radius 2 is 2.04 bits per heavy atom. The number of esters is 1. The maximum absolute atomic E-state index is 12.3. The van der Waals surface area contributed by atoms with Crippen LogP contribution in [0.25, 0.3) is 0 Å². The summed E-state index contributed by atoms with van der Waals surface area (Å²) in [5, 5.41) is 0.0780. The molecule has 1 aliphatic heterocycles. The molecule has 0 bridgehead atoms. The van der Waals surface area contributed by atoms with Crippen molar-refractivity contribution in [2.24, 2.45) is 0 Å². The number of piperidine rings is 1. The molecule has 138 valence electrons. The second-order valence-electron chi connectivity index (χ2n) is 6.13. The van der Waals surface area contributed by atoms with Crippen molar-refractivity contribution in [1.82, 2.24) is 4.90 Å². The van der Waals surface area contributed by atoms with Crippen LogP contribution in [0.1, 0.15) is 43.0 Å². The Bertz CT molecular complexity index is 762. The number of carbonyl (C=O) groups is 2. The molecule has 8 heteroatoms. The number of ether oxygens (including phenoxy) is 1. The second kappa shape index (κ2) is 8.19. The fourth-order valence-electron chi connectivity index (χ4n) is 2.93. The van der Waals surface area contributed by atoms with Gasteiger partial charge in [0.1, 0.15) is 0 Å². The highest BCUT2D eigenvalue weighted by Gasteiger charge is 2.26. The van der Waals surface area contributed by atoms with Crippen molar-refractivity contribution in [1.29, 1.82) is 0 Å². The summed E-state index contributed by atoms with van der Waals surface area (Å²) < 4.78 is 28.3. The molecule has 0 saturated carbocycles. The van der Waals surface area contributed by atoms with Crippen molar-refractivity contribution >= 4 is 33.3 Å². The molecule has 0 unspecified atom stereocenters. The van der Waals surface area contributed by atoms with E-state index in [0.29, 0.717) is 6.54 Å². The number of rotatable bonds is 5. The summed E-state index contributed by atoms with van der Waals surface area (Å²) in [7, 11) is -3.48. The van der Waals surface area contributed by atoms with E-state index in [4.69, 9.17) is 16.3 Å². The van der Waals surface area contributed by atoms with Gasteiger partial charge in [0.05, 0.1) is 15.5 Å². The van der Waals surface area contributed by atoms with Crippen LogP contribution in [0.2, 0.25) is 5.02 Å². The Kier molecular flexibility index (Phi) is 6.46. The van der Waals surface area contributed by atoms with Crippen molar-refractivity contribution in [2.45, 2.75) is 43.5 Å². The van der Waals surface area contributed by atoms with Gasteiger partial charge in [-0.15, -0.1) is 0 Å². The third kappa shape index (κ3) is 4.95. The first-order valence-electron chi connectivity index (χ1n) is 8.20. The predicted molar refractivity (Wildman–Crippen MR) is 94.5 cm³/mol. The van der Waals surface area contributed by atoms with E-state index in [2.05, 4.69) is 0 Å². The van der Waals surface area contributed by atoms with Gasteiger partial charge in [0.2, 0.25) is 0 Å². The smallest absolute Gasteiger partial charge is 0.340 e. The number of sulfone groups is 1. The monoisotopic (exact) mass is 387 g/mol. The highest BCUT2D eigenvalue weighted by Crippen LogP contribution is 2.22. The highest BCUT2D eigenvalue weighted by atomic mass is 35.5. The summed E-state index contributed by atoms with van der Waals surface area (Å²) in [5.74, 6) is -1.05. The van der Waals surface area contributed by atoms with Gasteiger partial charge in [-0.2, -0.15) is 0 Å². The molecule has 0 aliphatic carbocycles. The number of likely N-dealkylation sites (tertiary alicyclic amines) is 1. The fraction of sp³-hybridized carbons (Fsp3) is 0.529. The summed E-state index contributed by atoms with van der Waals surface area (Å²) in [6, 6.07) is 3.99. The van der Waals surface area contributed by atoms with Gasteiger partial charge >= 0.3 is 5.97 Å². The molecule has 1 heterocycles.